The monoisotopic (exact) mass is 433 g/mol. The Morgan fingerprint density at radius 3 is 2.27 bits per heavy atom. The summed E-state index contributed by atoms with van der Waals surface area (Å²) in [6.07, 6.45) is 2.86. The lowest BCUT2D eigenvalue weighted by Crippen LogP contribution is -2.45. The van der Waals surface area contributed by atoms with Crippen LogP contribution in [0.2, 0.25) is 0 Å². The molecule has 160 valence electrons. The van der Waals surface area contributed by atoms with E-state index >= 15 is 0 Å². The molecule has 30 heavy (non-hydrogen) atoms. The fraction of sp³-hybridized carbons (Fsp3) is 0.333. The van der Waals surface area contributed by atoms with Crippen molar-refractivity contribution >= 4 is 33.2 Å². The van der Waals surface area contributed by atoms with Crippen molar-refractivity contribution in [3.63, 3.8) is 0 Å². The summed E-state index contributed by atoms with van der Waals surface area (Å²) in [6, 6.07) is 10.4. The largest absolute Gasteiger partial charge is 0.339 e. The van der Waals surface area contributed by atoms with Gasteiger partial charge in [-0.3, -0.25) is 13.9 Å². The molecule has 1 atom stereocenters. The number of halogens is 1. The third kappa shape index (κ3) is 4.79. The van der Waals surface area contributed by atoms with Crippen molar-refractivity contribution < 1.29 is 22.4 Å². The SMILES string of the molecule is C[C@@H](C(=O)Nc1ccccc1C(=O)N1CCCC1)N(c1ccc(F)cc1)S(C)(=O)=O. The van der Waals surface area contributed by atoms with Crippen LogP contribution in [0.5, 0.6) is 0 Å². The van der Waals surface area contributed by atoms with Crippen LogP contribution in [-0.4, -0.2) is 50.5 Å². The first-order valence-electron chi connectivity index (χ1n) is 9.62. The Labute approximate surface area is 175 Å². The van der Waals surface area contributed by atoms with Crippen LogP contribution < -0.4 is 9.62 Å². The number of nitrogens with zero attached hydrogens (tertiary/aromatic N) is 2. The second-order valence-corrected chi connectivity index (χ2v) is 9.10. The molecule has 3 rings (SSSR count). The molecule has 1 heterocycles. The van der Waals surface area contributed by atoms with Crippen LogP contribution in [0.25, 0.3) is 0 Å². The zero-order valence-electron chi connectivity index (χ0n) is 16.8. The molecule has 1 saturated heterocycles. The van der Waals surface area contributed by atoms with Crippen LogP contribution >= 0.6 is 0 Å². The third-order valence-electron chi connectivity index (χ3n) is 4.98. The van der Waals surface area contributed by atoms with Gasteiger partial charge >= 0.3 is 0 Å². The van der Waals surface area contributed by atoms with Gasteiger partial charge in [0.15, 0.2) is 0 Å². The van der Waals surface area contributed by atoms with Crippen molar-refractivity contribution in [1.82, 2.24) is 4.90 Å². The zero-order valence-corrected chi connectivity index (χ0v) is 17.7. The van der Waals surface area contributed by atoms with E-state index in [0.29, 0.717) is 24.3 Å². The Morgan fingerprint density at radius 1 is 1.07 bits per heavy atom. The van der Waals surface area contributed by atoms with Gasteiger partial charge in [-0.1, -0.05) is 12.1 Å². The van der Waals surface area contributed by atoms with Crippen molar-refractivity contribution in [1.29, 1.82) is 0 Å². The van der Waals surface area contributed by atoms with Crippen LogP contribution in [-0.2, 0) is 14.8 Å². The van der Waals surface area contributed by atoms with Crippen molar-refractivity contribution in [2.24, 2.45) is 0 Å². The number of hydrogen-bond acceptors (Lipinski definition) is 4. The highest BCUT2D eigenvalue weighted by atomic mass is 32.2. The van der Waals surface area contributed by atoms with Gasteiger partial charge in [-0.15, -0.1) is 0 Å². The third-order valence-corrected chi connectivity index (χ3v) is 6.22. The molecule has 0 bridgehead atoms. The highest BCUT2D eigenvalue weighted by Crippen LogP contribution is 2.24. The number of carbonyl (C=O) groups excluding carboxylic acids is 2. The highest BCUT2D eigenvalue weighted by Gasteiger charge is 2.30. The Hall–Kier alpha value is -2.94. The molecule has 0 radical (unpaired) electrons. The molecule has 2 amide bonds. The maximum Gasteiger partial charge on any atom is 0.255 e. The minimum absolute atomic E-state index is 0.169. The van der Waals surface area contributed by atoms with Gasteiger partial charge in [0.1, 0.15) is 11.9 Å². The summed E-state index contributed by atoms with van der Waals surface area (Å²) in [6.45, 7) is 2.78. The Morgan fingerprint density at radius 2 is 1.67 bits per heavy atom. The van der Waals surface area contributed by atoms with Crippen molar-refractivity contribution in [3.05, 3.63) is 59.9 Å². The summed E-state index contributed by atoms with van der Waals surface area (Å²) in [5.74, 6) is -1.29. The molecule has 2 aromatic rings. The van der Waals surface area contributed by atoms with Gasteiger partial charge < -0.3 is 10.2 Å². The number of carbonyl (C=O) groups is 2. The van der Waals surface area contributed by atoms with E-state index in [1.165, 1.54) is 19.1 Å². The topological polar surface area (TPSA) is 86.8 Å². The summed E-state index contributed by atoms with van der Waals surface area (Å²) in [4.78, 5) is 27.5. The fourth-order valence-corrected chi connectivity index (χ4v) is 4.68. The average molecular weight is 434 g/mol. The standard InChI is InChI=1S/C21H24FN3O4S/c1-15(25(30(2,28)29)17-11-9-16(22)10-12-17)20(26)23-19-8-4-3-7-18(19)21(27)24-13-5-6-14-24/h3-4,7-12,15H,5-6,13-14H2,1-2H3,(H,23,26)/t15-/m0/s1. The predicted molar refractivity (Wildman–Crippen MR) is 113 cm³/mol. The van der Waals surface area contributed by atoms with E-state index in [9.17, 15) is 22.4 Å². The van der Waals surface area contributed by atoms with E-state index < -0.39 is 27.8 Å². The van der Waals surface area contributed by atoms with Crippen molar-refractivity contribution in [2.75, 3.05) is 29.0 Å². The summed E-state index contributed by atoms with van der Waals surface area (Å²) < 4.78 is 38.9. The van der Waals surface area contributed by atoms with E-state index in [2.05, 4.69) is 5.32 Å². The number of anilines is 2. The van der Waals surface area contributed by atoms with Crippen molar-refractivity contribution in [2.45, 2.75) is 25.8 Å². The fourth-order valence-electron chi connectivity index (χ4n) is 3.50. The second-order valence-electron chi connectivity index (χ2n) is 7.25. The molecule has 1 aliphatic rings. The quantitative estimate of drug-likeness (QED) is 0.759. The predicted octanol–water partition coefficient (Wildman–Crippen LogP) is 2.85. The van der Waals surface area contributed by atoms with E-state index in [4.69, 9.17) is 0 Å². The summed E-state index contributed by atoms with van der Waals surface area (Å²) >= 11 is 0. The van der Waals surface area contributed by atoms with E-state index in [0.717, 1.165) is 35.5 Å². The molecule has 0 spiro atoms. The van der Waals surface area contributed by atoms with Crippen LogP contribution in [0.15, 0.2) is 48.5 Å². The molecule has 0 unspecified atom stereocenters. The summed E-state index contributed by atoms with van der Waals surface area (Å²) in [7, 11) is -3.83. The maximum absolute atomic E-state index is 13.3. The van der Waals surface area contributed by atoms with Gasteiger partial charge in [0, 0.05) is 13.1 Å². The van der Waals surface area contributed by atoms with E-state index in [1.807, 2.05) is 0 Å². The molecule has 0 aromatic heterocycles. The number of benzene rings is 2. The molecule has 1 fully saturated rings. The molecular formula is C21H24FN3O4S. The second kappa shape index (κ2) is 8.83. The molecule has 7 nitrogen and oxygen atoms in total. The molecular weight excluding hydrogens is 409 g/mol. The Balaban J connectivity index is 1.85. The molecule has 1 aliphatic heterocycles. The lowest BCUT2D eigenvalue weighted by molar-refractivity contribution is -0.116. The average Bonchev–Trinajstić information content (AvgIpc) is 3.23. The van der Waals surface area contributed by atoms with Crippen LogP contribution in [0.1, 0.15) is 30.1 Å². The molecule has 1 N–H and O–H groups in total. The number of nitrogens with one attached hydrogen (secondary N) is 1. The Bertz CT molecular complexity index is 1030. The normalized spacial score (nSPS) is 15.0. The minimum atomic E-state index is -3.83. The van der Waals surface area contributed by atoms with Gasteiger partial charge in [0.2, 0.25) is 15.9 Å². The number of hydrogen-bond donors (Lipinski definition) is 1. The zero-order chi connectivity index (χ0) is 21.9. The summed E-state index contributed by atoms with van der Waals surface area (Å²) in [5.41, 5.74) is 0.842. The van der Waals surface area contributed by atoms with Gasteiger partial charge in [0.25, 0.3) is 5.91 Å². The molecule has 2 aromatic carbocycles. The lowest BCUT2D eigenvalue weighted by atomic mass is 10.1. The van der Waals surface area contributed by atoms with Gasteiger partial charge in [0.05, 0.1) is 23.2 Å². The number of amides is 2. The first-order valence-corrected chi connectivity index (χ1v) is 11.5. The minimum Gasteiger partial charge on any atom is -0.339 e. The number of para-hydroxylation sites is 1. The Kier molecular flexibility index (Phi) is 6.40. The summed E-state index contributed by atoms with van der Waals surface area (Å²) in [5, 5.41) is 2.68. The van der Waals surface area contributed by atoms with E-state index in [1.54, 1.807) is 29.2 Å². The molecule has 0 aliphatic carbocycles. The number of likely N-dealkylation sites (tertiary alicyclic amines) is 1. The van der Waals surface area contributed by atoms with Crippen LogP contribution in [0, 0.1) is 5.82 Å². The first-order chi connectivity index (χ1) is 14.2. The smallest absolute Gasteiger partial charge is 0.255 e. The van der Waals surface area contributed by atoms with E-state index in [-0.39, 0.29) is 11.6 Å². The highest BCUT2D eigenvalue weighted by molar-refractivity contribution is 7.92. The number of rotatable bonds is 6. The first kappa shape index (κ1) is 21.8. The van der Waals surface area contributed by atoms with Gasteiger partial charge in [-0.25, -0.2) is 12.8 Å². The van der Waals surface area contributed by atoms with Crippen molar-refractivity contribution in [3.8, 4) is 0 Å². The van der Waals surface area contributed by atoms with Crippen LogP contribution in [0.4, 0.5) is 15.8 Å². The van der Waals surface area contributed by atoms with Gasteiger partial charge in [-0.05, 0) is 56.2 Å². The van der Waals surface area contributed by atoms with Gasteiger partial charge in [-0.2, -0.15) is 0 Å². The lowest BCUT2D eigenvalue weighted by Gasteiger charge is -2.28. The molecule has 9 heteroatoms. The number of sulfonamides is 1. The maximum atomic E-state index is 13.3. The molecule has 0 saturated carbocycles. The van der Waals surface area contributed by atoms with Crippen LogP contribution in [0.3, 0.4) is 0 Å².